The van der Waals surface area contributed by atoms with Gasteiger partial charge in [0.2, 0.25) is 11.7 Å². The Bertz CT molecular complexity index is 890. The van der Waals surface area contributed by atoms with Crippen LogP contribution in [0.4, 0.5) is 5.69 Å². The monoisotopic (exact) mass is 341 g/mol. The zero-order chi connectivity index (χ0) is 17.8. The van der Waals surface area contributed by atoms with Crippen LogP contribution in [0.3, 0.4) is 0 Å². The molecule has 1 aromatic heterocycles. The SMILES string of the molecule is COc1ccc(-c2noc(Cc3ccc([N+](=O)[O-])cc3)n2)cc1OC. The second kappa shape index (κ2) is 7.00. The highest BCUT2D eigenvalue weighted by Crippen LogP contribution is 2.31. The fourth-order valence-electron chi connectivity index (χ4n) is 2.33. The second-order valence-electron chi connectivity index (χ2n) is 5.18. The molecule has 0 radical (unpaired) electrons. The minimum absolute atomic E-state index is 0.0419. The van der Waals surface area contributed by atoms with Crippen molar-refractivity contribution in [3.63, 3.8) is 0 Å². The van der Waals surface area contributed by atoms with Gasteiger partial charge >= 0.3 is 0 Å². The van der Waals surface area contributed by atoms with E-state index in [4.69, 9.17) is 14.0 Å². The van der Waals surface area contributed by atoms with Crippen molar-refractivity contribution < 1.29 is 18.9 Å². The van der Waals surface area contributed by atoms with E-state index >= 15 is 0 Å². The first-order valence-electron chi connectivity index (χ1n) is 7.39. The van der Waals surface area contributed by atoms with Crippen LogP contribution in [0.2, 0.25) is 0 Å². The van der Waals surface area contributed by atoms with E-state index in [9.17, 15) is 10.1 Å². The van der Waals surface area contributed by atoms with Crippen molar-refractivity contribution in [1.29, 1.82) is 0 Å². The molecule has 0 atom stereocenters. The predicted molar refractivity (Wildman–Crippen MR) is 88.7 cm³/mol. The van der Waals surface area contributed by atoms with E-state index in [2.05, 4.69) is 10.1 Å². The van der Waals surface area contributed by atoms with Gasteiger partial charge in [-0.1, -0.05) is 17.3 Å². The molecule has 0 saturated heterocycles. The molecule has 0 aliphatic heterocycles. The quantitative estimate of drug-likeness (QED) is 0.501. The summed E-state index contributed by atoms with van der Waals surface area (Å²) >= 11 is 0. The average molecular weight is 341 g/mol. The van der Waals surface area contributed by atoms with Crippen LogP contribution in [0.1, 0.15) is 11.5 Å². The third-order valence-electron chi connectivity index (χ3n) is 3.61. The van der Waals surface area contributed by atoms with Gasteiger partial charge in [0.15, 0.2) is 11.5 Å². The number of aromatic nitrogens is 2. The molecule has 0 fully saturated rings. The van der Waals surface area contributed by atoms with Crippen LogP contribution in [0.15, 0.2) is 47.0 Å². The molecule has 0 aliphatic carbocycles. The van der Waals surface area contributed by atoms with Crippen LogP contribution in [0, 0.1) is 10.1 Å². The molecule has 3 rings (SSSR count). The summed E-state index contributed by atoms with van der Waals surface area (Å²) in [6.45, 7) is 0. The number of hydrogen-bond donors (Lipinski definition) is 0. The molecule has 128 valence electrons. The average Bonchev–Trinajstić information content (AvgIpc) is 3.10. The van der Waals surface area contributed by atoms with E-state index in [0.29, 0.717) is 29.6 Å². The number of nitro benzene ring substituents is 1. The van der Waals surface area contributed by atoms with E-state index in [1.165, 1.54) is 12.1 Å². The van der Waals surface area contributed by atoms with Crippen molar-refractivity contribution in [1.82, 2.24) is 10.1 Å². The lowest BCUT2D eigenvalue weighted by atomic mass is 10.1. The first-order chi connectivity index (χ1) is 12.1. The van der Waals surface area contributed by atoms with Crippen molar-refractivity contribution in [3.05, 3.63) is 64.0 Å². The van der Waals surface area contributed by atoms with Crippen molar-refractivity contribution in [2.24, 2.45) is 0 Å². The number of rotatable bonds is 6. The molecule has 0 unspecified atom stereocenters. The Hall–Kier alpha value is -3.42. The number of non-ortho nitro benzene ring substituents is 1. The molecule has 1 heterocycles. The molecule has 0 bridgehead atoms. The highest BCUT2D eigenvalue weighted by atomic mass is 16.6. The van der Waals surface area contributed by atoms with Crippen LogP contribution in [-0.2, 0) is 6.42 Å². The molecule has 25 heavy (non-hydrogen) atoms. The van der Waals surface area contributed by atoms with Crippen LogP contribution in [0.25, 0.3) is 11.4 Å². The van der Waals surface area contributed by atoms with Gasteiger partial charge in [-0.3, -0.25) is 10.1 Å². The number of nitro groups is 1. The molecule has 0 amide bonds. The molecule has 0 spiro atoms. The Balaban J connectivity index is 1.79. The summed E-state index contributed by atoms with van der Waals surface area (Å²) in [5.74, 6) is 2.03. The standard InChI is InChI=1S/C17H15N3O5/c1-23-14-8-5-12(10-15(14)24-2)17-18-16(25-19-17)9-11-3-6-13(7-4-11)20(21)22/h3-8,10H,9H2,1-2H3. The predicted octanol–water partition coefficient (Wildman–Crippen LogP) is 3.25. The minimum Gasteiger partial charge on any atom is -0.493 e. The lowest BCUT2D eigenvalue weighted by molar-refractivity contribution is -0.384. The maximum absolute atomic E-state index is 10.7. The van der Waals surface area contributed by atoms with Gasteiger partial charge in [0, 0.05) is 17.7 Å². The number of nitrogens with zero attached hydrogens (tertiary/aromatic N) is 3. The number of methoxy groups -OCH3 is 2. The molecule has 8 heteroatoms. The first-order valence-corrected chi connectivity index (χ1v) is 7.39. The van der Waals surface area contributed by atoms with Crippen LogP contribution < -0.4 is 9.47 Å². The normalized spacial score (nSPS) is 10.5. The lowest BCUT2D eigenvalue weighted by Gasteiger charge is -2.07. The van der Waals surface area contributed by atoms with Gasteiger partial charge in [-0.05, 0) is 23.8 Å². The van der Waals surface area contributed by atoms with Gasteiger partial charge in [-0.25, -0.2) is 0 Å². The van der Waals surface area contributed by atoms with Gasteiger partial charge in [-0.2, -0.15) is 4.98 Å². The van der Waals surface area contributed by atoms with Crippen molar-refractivity contribution in [3.8, 4) is 22.9 Å². The zero-order valence-electron chi connectivity index (χ0n) is 13.6. The molecule has 0 aliphatic rings. The summed E-state index contributed by atoms with van der Waals surface area (Å²) in [4.78, 5) is 14.6. The fourth-order valence-corrected chi connectivity index (χ4v) is 2.33. The van der Waals surface area contributed by atoms with Gasteiger partial charge < -0.3 is 14.0 Å². The summed E-state index contributed by atoms with van der Waals surface area (Å²) in [7, 11) is 3.12. The van der Waals surface area contributed by atoms with Gasteiger partial charge in [0.25, 0.3) is 5.69 Å². The molecule has 8 nitrogen and oxygen atoms in total. The molecule has 3 aromatic rings. The van der Waals surface area contributed by atoms with Gasteiger partial charge in [0.05, 0.1) is 25.6 Å². The summed E-state index contributed by atoms with van der Waals surface area (Å²) < 4.78 is 15.7. The Kier molecular flexibility index (Phi) is 4.60. The molecular formula is C17H15N3O5. The smallest absolute Gasteiger partial charge is 0.269 e. The Morgan fingerprint density at radius 1 is 1.08 bits per heavy atom. The largest absolute Gasteiger partial charge is 0.493 e. The van der Waals surface area contributed by atoms with Gasteiger partial charge in [-0.15, -0.1) is 0 Å². The topological polar surface area (TPSA) is 101 Å². The summed E-state index contributed by atoms with van der Waals surface area (Å²) in [6, 6.07) is 11.6. The maximum atomic E-state index is 10.7. The Morgan fingerprint density at radius 3 is 2.44 bits per heavy atom. The van der Waals surface area contributed by atoms with E-state index in [1.807, 2.05) is 6.07 Å². The number of ether oxygens (including phenoxy) is 2. The Morgan fingerprint density at radius 2 is 1.80 bits per heavy atom. The number of benzene rings is 2. The van der Waals surface area contributed by atoms with Crippen LogP contribution >= 0.6 is 0 Å². The maximum Gasteiger partial charge on any atom is 0.269 e. The highest BCUT2D eigenvalue weighted by molar-refractivity contribution is 5.60. The third-order valence-corrected chi connectivity index (χ3v) is 3.61. The van der Waals surface area contributed by atoms with E-state index in [0.717, 1.165) is 11.1 Å². The van der Waals surface area contributed by atoms with Crippen LogP contribution in [0.5, 0.6) is 11.5 Å². The molecule has 0 saturated carbocycles. The number of hydrogen-bond acceptors (Lipinski definition) is 7. The lowest BCUT2D eigenvalue weighted by Crippen LogP contribution is -1.92. The summed E-state index contributed by atoms with van der Waals surface area (Å²) in [5.41, 5.74) is 1.62. The minimum atomic E-state index is -0.439. The van der Waals surface area contributed by atoms with Crippen molar-refractivity contribution >= 4 is 5.69 Å². The van der Waals surface area contributed by atoms with E-state index < -0.39 is 4.92 Å². The Labute approximate surface area is 143 Å². The van der Waals surface area contributed by atoms with E-state index in [1.54, 1.807) is 38.5 Å². The molecule has 0 N–H and O–H groups in total. The van der Waals surface area contributed by atoms with Gasteiger partial charge in [0.1, 0.15) is 0 Å². The zero-order valence-corrected chi connectivity index (χ0v) is 13.6. The summed E-state index contributed by atoms with van der Waals surface area (Å²) in [5, 5.41) is 14.6. The van der Waals surface area contributed by atoms with Crippen LogP contribution in [-0.4, -0.2) is 29.3 Å². The first kappa shape index (κ1) is 16.4. The molecular weight excluding hydrogens is 326 g/mol. The van der Waals surface area contributed by atoms with E-state index in [-0.39, 0.29) is 5.69 Å². The second-order valence-corrected chi connectivity index (χ2v) is 5.18. The molecule has 2 aromatic carbocycles. The van der Waals surface area contributed by atoms with Crippen molar-refractivity contribution in [2.75, 3.05) is 14.2 Å². The fraction of sp³-hybridized carbons (Fsp3) is 0.176. The highest BCUT2D eigenvalue weighted by Gasteiger charge is 2.13. The third kappa shape index (κ3) is 3.57. The summed E-state index contributed by atoms with van der Waals surface area (Å²) in [6.07, 6.45) is 0.387. The van der Waals surface area contributed by atoms with Crippen molar-refractivity contribution in [2.45, 2.75) is 6.42 Å².